The van der Waals surface area contributed by atoms with Crippen molar-refractivity contribution in [3.05, 3.63) is 88.4 Å². The number of hydrogen-bond acceptors (Lipinski definition) is 6. The van der Waals surface area contributed by atoms with Gasteiger partial charge in [-0.05, 0) is 37.3 Å². The van der Waals surface area contributed by atoms with E-state index in [1.54, 1.807) is 29.3 Å². The van der Waals surface area contributed by atoms with Gasteiger partial charge in [0, 0.05) is 35.3 Å². The molecule has 11 heteroatoms. The molecule has 34 heavy (non-hydrogen) atoms. The number of hydrogen-bond donors (Lipinski definition) is 0. The Morgan fingerprint density at radius 2 is 2.03 bits per heavy atom. The van der Waals surface area contributed by atoms with E-state index >= 15 is 0 Å². The van der Waals surface area contributed by atoms with Crippen LogP contribution in [0.25, 0.3) is 11.1 Å². The van der Waals surface area contributed by atoms with Crippen LogP contribution in [0.5, 0.6) is 0 Å². The SMILES string of the molecule is CCn1c(=O)/c(=C2\Sc3cc(Cl)ccc3N2C)s/c1=C\c1scc[n+]1Cc1ccnc(Cl)c1.[Cl-]. The van der Waals surface area contributed by atoms with Gasteiger partial charge in [-0.25, -0.2) is 4.98 Å². The van der Waals surface area contributed by atoms with Crippen LogP contribution in [-0.2, 0) is 13.1 Å². The summed E-state index contributed by atoms with van der Waals surface area (Å²) in [4.78, 5) is 20.6. The lowest BCUT2D eigenvalue weighted by molar-refractivity contribution is -0.685. The molecule has 0 radical (unpaired) electrons. The zero-order valence-electron chi connectivity index (χ0n) is 18.2. The maximum atomic E-state index is 13.4. The van der Waals surface area contributed by atoms with Crippen LogP contribution in [0.2, 0.25) is 10.2 Å². The van der Waals surface area contributed by atoms with Gasteiger partial charge in [0.1, 0.15) is 19.4 Å². The summed E-state index contributed by atoms with van der Waals surface area (Å²) in [6.45, 7) is 3.28. The van der Waals surface area contributed by atoms with Crippen molar-refractivity contribution in [1.82, 2.24) is 9.55 Å². The number of anilines is 1. The van der Waals surface area contributed by atoms with Crippen LogP contribution in [0.15, 0.2) is 57.8 Å². The first-order chi connectivity index (χ1) is 15.9. The lowest BCUT2D eigenvalue weighted by Gasteiger charge is -2.12. The quantitative estimate of drug-likeness (QED) is 0.273. The second-order valence-electron chi connectivity index (χ2n) is 7.40. The summed E-state index contributed by atoms with van der Waals surface area (Å²) >= 11 is 17.0. The number of pyridine rings is 1. The summed E-state index contributed by atoms with van der Waals surface area (Å²) < 4.78 is 5.66. The minimum atomic E-state index is 0. The highest BCUT2D eigenvalue weighted by Gasteiger charge is 2.25. The molecule has 4 aromatic rings. The molecule has 3 aromatic heterocycles. The molecular formula is C23H19Cl3N4OS3. The van der Waals surface area contributed by atoms with E-state index in [1.165, 1.54) is 11.3 Å². The Balaban J connectivity index is 0.00000274. The van der Waals surface area contributed by atoms with E-state index in [9.17, 15) is 4.79 Å². The molecule has 0 fully saturated rings. The first-order valence-electron chi connectivity index (χ1n) is 10.2. The fourth-order valence-electron chi connectivity index (χ4n) is 3.70. The van der Waals surface area contributed by atoms with Gasteiger partial charge in [0.2, 0.25) is 0 Å². The normalized spacial score (nSPS) is 14.9. The van der Waals surface area contributed by atoms with Gasteiger partial charge >= 0.3 is 0 Å². The lowest BCUT2D eigenvalue weighted by Crippen LogP contribution is -3.00. The van der Waals surface area contributed by atoms with Crippen molar-refractivity contribution < 1.29 is 17.0 Å². The minimum absolute atomic E-state index is 0. The van der Waals surface area contributed by atoms with Gasteiger partial charge in [0.05, 0.1) is 17.1 Å². The fraction of sp³-hybridized carbons (Fsp3) is 0.174. The average Bonchev–Trinajstić information content (AvgIpc) is 3.44. The monoisotopic (exact) mass is 568 g/mol. The van der Waals surface area contributed by atoms with Gasteiger partial charge in [-0.15, -0.1) is 11.3 Å². The second kappa shape index (κ2) is 10.4. The van der Waals surface area contributed by atoms with Crippen LogP contribution in [0.1, 0.15) is 17.5 Å². The van der Waals surface area contributed by atoms with E-state index in [0.29, 0.717) is 23.3 Å². The highest BCUT2D eigenvalue weighted by molar-refractivity contribution is 8.08. The van der Waals surface area contributed by atoms with Gasteiger partial charge in [-0.3, -0.25) is 9.36 Å². The number of fused-ring (bicyclic) bond motifs is 1. The molecule has 0 amide bonds. The molecule has 1 aliphatic heterocycles. The molecule has 1 aliphatic rings. The van der Waals surface area contributed by atoms with Gasteiger partial charge in [0.25, 0.3) is 10.6 Å². The van der Waals surface area contributed by atoms with Gasteiger partial charge in [-0.2, -0.15) is 4.57 Å². The number of halogens is 3. The molecule has 5 rings (SSSR count). The van der Waals surface area contributed by atoms with Crippen molar-refractivity contribution in [2.75, 3.05) is 11.9 Å². The molecule has 5 nitrogen and oxygen atoms in total. The van der Waals surface area contributed by atoms with Gasteiger partial charge in [0.15, 0.2) is 12.7 Å². The van der Waals surface area contributed by atoms with E-state index in [0.717, 1.165) is 35.4 Å². The molecule has 0 aliphatic carbocycles. The van der Waals surface area contributed by atoms with E-state index in [-0.39, 0.29) is 18.0 Å². The largest absolute Gasteiger partial charge is 1.00 e. The molecular weight excluding hydrogens is 551 g/mol. The minimum Gasteiger partial charge on any atom is -1.00 e. The summed E-state index contributed by atoms with van der Waals surface area (Å²) in [7, 11) is 1.99. The first-order valence-corrected chi connectivity index (χ1v) is 13.5. The summed E-state index contributed by atoms with van der Waals surface area (Å²) in [6, 6.07) is 9.65. The molecule has 1 aromatic carbocycles. The highest BCUT2D eigenvalue weighted by atomic mass is 35.5. The molecule has 0 saturated carbocycles. The summed E-state index contributed by atoms with van der Waals surface area (Å²) in [5.74, 6) is 0. The van der Waals surface area contributed by atoms with Crippen molar-refractivity contribution in [2.45, 2.75) is 24.9 Å². The number of aromatic nitrogens is 3. The third-order valence-electron chi connectivity index (χ3n) is 5.32. The van der Waals surface area contributed by atoms with Crippen molar-refractivity contribution >= 4 is 74.4 Å². The van der Waals surface area contributed by atoms with Gasteiger partial charge in [-0.1, -0.05) is 46.3 Å². The number of benzene rings is 1. The smallest absolute Gasteiger partial charge is 0.271 e. The van der Waals surface area contributed by atoms with Gasteiger partial charge < -0.3 is 17.3 Å². The Labute approximate surface area is 225 Å². The third-order valence-corrected chi connectivity index (χ3v) is 9.08. The Bertz CT molecular complexity index is 1540. The molecule has 176 valence electrons. The first kappa shape index (κ1) is 25.3. The average molecular weight is 570 g/mol. The predicted molar refractivity (Wildman–Crippen MR) is 139 cm³/mol. The molecule has 0 spiro atoms. The molecule has 0 saturated heterocycles. The Kier molecular flexibility index (Phi) is 7.76. The molecule has 0 atom stereocenters. The van der Waals surface area contributed by atoms with Crippen molar-refractivity contribution in [3.63, 3.8) is 0 Å². The molecule has 0 unspecified atom stereocenters. The van der Waals surface area contributed by atoms with E-state index < -0.39 is 0 Å². The maximum Gasteiger partial charge on any atom is 0.271 e. The van der Waals surface area contributed by atoms with Crippen LogP contribution in [0, 0.1) is 0 Å². The Morgan fingerprint density at radius 3 is 2.79 bits per heavy atom. The summed E-state index contributed by atoms with van der Waals surface area (Å²) in [5, 5.41) is 5.22. The van der Waals surface area contributed by atoms with Crippen molar-refractivity contribution in [1.29, 1.82) is 0 Å². The van der Waals surface area contributed by atoms with Crippen LogP contribution in [-0.4, -0.2) is 16.6 Å². The molecule has 0 N–H and O–H groups in total. The summed E-state index contributed by atoms with van der Waals surface area (Å²) in [6.07, 6.45) is 5.85. The van der Waals surface area contributed by atoms with Crippen molar-refractivity contribution in [3.8, 4) is 0 Å². The molecule has 0 bridgehead atoms. The Morgan fingerprint density at radius 1 is 1.21 bits per heavy atom. The van der Waals surface area contributed by atoms with Crippen LogP contribution < -0.4 is 36.6 Å². The zero-order chi connectivity index (χ0) is 23.1. The topological polar surface area (TPSA) is 42.0 Å². The lowest BCUT2D eigenvalue weighted by atomic mass is 10.2. The highest BCUT2D eigenvalue weighted by Crippen LogP contribution is 2.46. The van der Waals surface area contributed by atoms with E-state index in [1.807, 2.05) is 60.4 Å². The van der Waals surface area contributed by atoms with Crippen molar-refractivity contribution in [2.24, 2.45) is 0 Å². The zero-order valence-corrected chi connectivity index (χ0v) is 22.9. The fourth-order valence-corrected chi connectivity index (χ4v) is 7.49. The third kappa shape index (κ3) is 4.80. The second-order valence-corrected chi connectivity index (χ2v) is 11.2. The van der Waals surface area contributed by atoms with E-state index in [2.05, 4.69) is 20.5 Å². The standard InChI is InChI=1S/C23H19Cl2N4OS3.ClH/c1-3-29-20(12-19-28(8-9-31-19)13-14-6-7-26-18(25)10-14)33-21(22(29)30)23-27(2)16-5-4-15(24)11-17(16)32-23;/h4-12H,3,13H2,1-2H3;1H/q+1;/p-1/b23-21+;. The molecule has 4 heterocycles. The Hall–Kier alpha value is -1.81. The number of thiazole rings is 2. The summed E-state index contributed by atoms with van der Waals surface area (Å²) in [5.41, 5.74) is 2.17. The van der Waals surface area contributed by atoms with E-state index in [4.69, 9.17) is 23.2 Å². The maximum absolute atomic E-state index is 13.4. The number of thioether (sulfide) groups is 1. The van der Waals surface area contributed by atoms with Crippen LogP contribution >= 0.6 is 57.6 Å². The predicted octanol–water partition coefficient (Wildman–Crippen LogP) is 1.17. The number of rotatable bonds is 4. The number of nitrogens with zero attached hydrogens (tertiary/aromatic N) is 4. The van der Waals surface area contributed by atoms with Crippen LogP contribution in [0.4, 0.5) is 5.69 Å². The van der Waals surface area contributed by atoms with Crippen LogP contribution in [0.3, 0.4) is 0 Å².